The highest BCUT2D eigenvalue weighted by Crippen LogP contribution is 2.16. The molecular weight excluding hydrogens is 244 g/mol. The molecule has 0 bridgehead atoms. The Kier molecular flexibility index (Phi) is 6.49. The molecule has 2 atom stereocenters. The van der Waals surface area contributed by atoms with Crippen molar-refractivity contribution in [2.24, 2.45) is 5.84 Å². The summed E-state index contributed by atoms with van der Waals surface area (Å²) in [5.74, 6) is 4.66. The van der Waals surface area contributed by atoms with Crippen LogP contribution in [0.25, 0.3) is 0 Å². The molecule has 0 aliphatic carbocycles. The highest BCUT2D eigenvalue weighted by Gasteiger charge is 2.13. The van der Waals surface area contributed by atoms with Gasteiger partial charge in [0.2, 0.25) is 5.91 Å². The zero-order chi connectivity index (χ0) is 14.3. The zero-order valence-electron chi connectivity index (χ0n) is 11.7. The third-order valence-corrected chi connectivity index (χ3v) is 2.95. The number of carbonyl (C=O) groups is 1. The first-order chi connectivity index (χ1) is 9.08. The highest BCUT2D eigenvalue weighted by molar-refractivity contribution is 5.82. The van der Waals surface area contributed by atoms with E-state index in [2.05, 4.69) is 5.43 Å². The quantitative estimate of drug-likeness (QED) is 0.443. The second-order valence-electron chi connectivity index (χ2n) is 4.55. The summed E-state index contributed by atoms with van der Waals surface area (Å²) in [6.45, 7) is 4.88. The normalized spacial score (nSPS) is 13.9. The van der Waals surface area contributed by atoms with Crippen LogP contribution in [0.2, 0.25) is 0 Å². The van der Waals surface area contributed by atoms with Crippen LogP contribution >= 0.6 is 0 Å². The minimum atomic E-state index is -0.257. The molecule has 19 heavy (non-hydrogen) atoms. The SMILES string of the molecule is COCC(C)OCc1ccc(C(C)C(=O)NN)cc1. The molecule has 0 aliphatic heterocycles. The number of ether oxygens (including phenoxy) is 2. The molecule has 3 N–H and O–H groups in total. The van der Waals surface area contributed by atoms with Gasteiger partial charge in [-0.2, -0.15) is 0 Å². The van der Waals surface area contributed by atoms with Crippen molar-refractivity contribution >= 4 is 5.91 Å². The maximum Gasteiger partial charge on any atom is 0.241 e. The molecule has 0 fully saturated rings. The average Bonchev–Trinajstić information content (AvgIpc) is 2.44. The third kappa shape index (κ3) is 4.98. The molecule has 1 amide bonds. The number of nitrogens with two attached hydrogens (primary N) is 1. The highest BCUT2D eigenvalue weighted by atomic mass is 16.5. The minimum absolute atomic E-state index is 0.0617. The number of carbonyl (C=O) groups excluding carboxylic acids is 1. The summed E-state index contributed by atoms with van der Waals surface area (Å²) in [5, 5.41) is 0. The van der Waals surface area contributed by atoms with E-state index in [1.165, 1.54) is 0 Å². The van der Waals surface area contributed by atoms with E-state index in [-0.39, 0.29) is 17.9 Å². The summed E-state index contributed by atoms with van der Waals surface area (Å²) in [5.41, 5.74) is 4.14. The van der Waals surface area contributed by atoms with Gasteiger partial charge in [-0.1, -0.05) is 24.3 Å². The number of methoxy groups -OCH3 is 1. The van der Waals surface area contributed by atoms with Crippen LogP contribution in [-0.2, 0) is 20.9 Å². The fourth-order valence-corrected chi connectivity index (χ4v) is 1.70. The van der Waals surface area contributed by atoms with Crippen molar-refractivity contribution < 1.29 is 14.3 Å². The van der Waals surface area contributed by atoms with Gasteiger partial charge in [0.1, 0.15) is 0 Å². The summed E-state index contributed by atoms with van der Waals surface area (Å²) in [6, 6.07) is 7.74. The molecule has 1 rings (SSSR count). The van der Waals surface area contributed by atoms with Gasteiger partial charge in [0.05, 0.1) is 25.2 Å². The largest absolute Gasteiger partial charge is 0.382 e. The van der Waals surface area contributed by atoms with Crippen LogP contribution in [0, 0.1) is 0 Å². The van der Waals surface area contributed by atoms with Crippen molar-refractivity contribution in [1.29, 1.82) is 0 Å². The van der Waals surface area contributed by atoms with E-state index in [0.717, 1.165) is 11.1 Å². The predicted octanol–water partition coefficient (Wildman–Crippen LogP) is 1.33. The van der Waals surface area contributed by atoms with Gasteiger partial charge in [-0.05, 0) is 25.0 Å². The Morgan fingerprint density at radius 2 is 1.95 bits per heavy atom. The second-order valence-corrected chi connectivity index (χ2v) is 4.55. The fraction of sp³-hybridized carbons (Fsp3) is 0.500. The fourth-order valence-electron chi connectivity index (χ4n) is 1.70. The van der Waals surface area contributed by atoms with Crippen LogP contribution in [0.1, 0.15) is 30.9 Å². The van der Waals surface area contributed by atoms with E-state index in [9.17, 15) is 4.79 Å². The van der Waals surface area contributed by atoms with Crippen molar-refractivity contribution in [3.8, 4) is 0 Å². The van der Waals surface area contributed by atoms with Crippen LogP contribution in [0.3, 0.4) is 0 Å². The molecule has 0 saturated carbocycles. The molecule has 1 aromatic carbocycles. The lowest BCUT2D eigenvalue weighted by Gasteiger charge is -2.13. The lowest BCUT2D eigenvalue weighted by Crippen LogP contribution is -2.33. The molecule has 2 unspecified atom stereocenters. The maximum absolute atomic E-state index is 11.4. The summed E-state index contributed by atoms with van der Waals surface area (Å²) in [4.78, 5) is 11.4. The number of hydrogen-bond donors (Lipinski definition) is 2. The summed E-state index contributed by atoms with van der Waals surface area (Å²) >= 11 is 0. The Bertz CT molecular complexity index is 392. The zero-order valence-corrected chi connectivity index (χ0v) is 11.7. The van der Waals surface area contributed by atoms with E-state index in [0.29, 0.717) is 13.2 Å². The molecule has 0 aromatic heterocycles. The molecule has 0 spiro atoms. The van der Waals surface area contributed by atoms with Gasteiger partial charge in [0.15, 0.2) is 0 Å². The molecule has 0 heterocycles. The van der Waals surface area contributed by atoms with Crippen LogP contribution in [0.5, 0.6) is 0 Å². The standard InChI is InChI=1S/C14H22N2O3/c1-10(8-18-3)19-9-12-4-6-13(7-5-12)11(2)14(17)16-15/h4-7,10-11H,8-9,15H2,1-3H3,(H,16,17). The molecule has 106 valence electrons. The van der Waals surface area contributed by atoms with Gasteiger partial charge in [0.25, 0.3) is 0 Å². The number of nitrogens with one attached hydrogen (secondary N) is 1. The van der Waals surface area contributed by atoms with Gasteiger partial charge in [-0.3, -0.25) is 10.2 Å². The van der Waals surface area contributed by atoms with E-state index in [1.54, 1.807) is 7.11 Å². The number of hydrogen-bond acceptors (Lipinski definition) is 4. The van der Waals surface area contributed by atoms with Crippen LogP contribution in [0.4, 0.5) is 0 Å². The van der Waals surface area contributed by atoms with E-state index in [1.807, 2.05) is 38.1 Å². The Morgan fingerprint density at radius 1 is 1.32 bits per heavy atom. The van der Waals surface area contributed by atoms with Crippen molar-refractivity contribution in [2.75, 3.05) is 13.7 Å². The summed E-state index contributed by atoms with van der Waals surface area (Å²) < 4.78 is 10.6. The topological polar surface area (TPSA) is 73.6 Å². The molecule has 5 heteroatoms. The molecular formula is C14H22N2O3. The number of benzene rings is 1. The molecule has 5 nitrogen and oxygen atoms in total. The average molecular weight is 266 g/mol. The van der Waals surface area contributed by atoms with Gasteiger partial charge in [-0.25, -0.2) is 5.84 Å². The number of hydrazine groups is 1. The lowest BCUT2D eigenvalue weighted by atomic mass is 9.99. The number of rotatable bonds is 7. The maximum atomic E-state index is 11.4. The molecule has 0 saturated heterocycles. The first kappa shape index (κ1) is 15.6. The molecule has 0 aliphatic rings. The molecule has 0 radical (unpaired) electrons. The summed E-state index contributed by atoms with van der Waals surface area (Å²) in [7, 11) is 1.65. The van der Waals surface area contributed by atoms with Crippen molar-refractivity contribution in [3.63, 3.8) is 0 Å². The second kappa shape index (κ2) is 7.89. The van der Waals surface area contributed by atoms with E-state index >= 15 is 0 Å². The minimum Gasteiger partial charge on any atom is -0.382 e. The first-order valence-corrected chi connectivity index (χ1v) is 6.28. The predicted molar refractivity (Wildman–Crippen MR) is 73.3 cm³/mol. The molecule has 1 aromatic rings. The van der Waals surface area contributed by atoms with Gasteiger partial charge in [0, 0.05) is 7.11 Å². The Hall–Kier alpha value is -1.43. The first-order valence-electron chi connectivity index (χ1n) is 6.28. The smallest absolute Gasteiger partial charge is 0.241 e. The lowest BCUT2D eigenvalue weighted by molar-refractivity contribution is -0.122. The van der Waals surface area contributed by atoms with Gasteiger partial charge >= 0.3 is 0 Å². The van der Waals surface area contributed by atoms with E-state index < -0.39 is 0 Å². The van der Waals surface area contributed by atoms with Crippen molar-refractivity contribution in [2.45, 2.75) is 32.5 Å². The summed E-state index contributed by atoms with van der Waals surface area (Å²) in [6.07, 6.45) is 0.0617. The monoisotopic (exact) mass is 266 g/mol. The van der Waals surface area contributed by atoms with Crippen molar-refractivity contribution in [1.82, 2.24) is 5.43 Å². The van der Waals surface area contributed by atoms with E-state index in [4.69, 9.17) is 15.3 Å². The third-order valence-electron chi connectivity index (χ3n) is 2.95. The van der Waals surface area contributed by atoms with Crippen LogP contribution in [-0.4, -0.2) is 25.7 Å². The Morgan fingerprint density at radius 3 is 2.47 bits per heavy atom. The number of amides is 1. The Labute approximate surface area is 114 Å². The van der Waals surface area contributed by atoms with Gasteiger partial charge < -0.3 is 9.47 Å². The Balaban J connectivity index is 2.54. The van der Waals surface area contributed by atoms with Crippen molar-refractivity contribution in [3.05, 3.63) is 35.4 Å². The van der Waals surface area contributed by atoms with Crippen LogP contribution in [0.15, 0.2) is 24.3 Å². The van der Waals surface area contributed by atoms with Crippen LogP contribution < -0.4 is 11.3 Å². The van der Waals surface area contributed by atoms with Gasteiger partial charge in [-0.15, -0.1) is 0 Å².